The van der Waals surface area contributed by atoms with Gasteiger partial charge in [-0.1, -0.05) is 23.7 Å². The van der Waals surface area contributed by atoms with Gasteiger partial charge in [0.25, 0.3) is 5.91 Å². The number of aromatic nitrogens is 5. The zero-order valence-corrected chi connectivity index (χ0v) is 21.8. The Labute approximate surface area is 228 Å². The summed E-state index contributed by atoms with van der Waals surface area (Å²) in [5, 5.41) is 8.00. The normalized spacial score (nSPS) is 19.9. The van der Waals surface area contributed by atoms with Crippen molar-refractivity contribution in [1.29, 1.82) is 0 Å². The Bertz CT molecular complexity index is 1620. The summed E-state index contributed by atoms with van der Waals surface area (Å²) in [5.41, 5.74) is 7.87. The molecule has 1 saturated heterocycles. The minimum atomic E-state index is -0.699. The molecule has 4 aromatic rings. The second-order valence-corrected chi connectivity index (χ2v) is 10.3. The van der Waals surface area contributed by atoms with Gasteiger partial charge < -0.3 is 16.0 Å². The number of carbonyl (C=O) groups is 3. The van der Waals surface area contributed by atoms with Crippen molar-refractivity contribution in [1.82, 2.24) is 29.6 Å². The van der Waals surface area contributed by atoms with Crippen molar-refractivity contribution in [2.45, 2.75) is 44.8 Å². The Morgan fingerprint density at radius 3 is 2.64 bits per heavy atom. The Balaban J connectivity index is 1.29. The van der Waals surface area contributed by atoms with Crippen LogP contribution in [0.2, 0.25) is 5.15 Å². The molecule has 4 heterocycles. The second kappa shape index (κ2) is 9.73. The number of amides is 3. The molecule has 0 unspecified atom stereocenters. The minimum Gasteiger partial charge on any atom is -0.364 e. The predicted octanol–water partition coefficient (Wildman–Crippen LogP) is 2.97. The lowest BCUT2D eigenvalue weighted by atomic mass is 9.97. The number of rotatable bonds is 6. The predicted molar refractivity (Wildman–Crippen MR) is 144 cm³/mol. The van der Waals surface area contributed by atoms with Gasteiger partial charge in [0, 0.05) is 29.4 Å². The molecule has 2 aliphatic rings. The maximum Gasteiger partial charge on any atom is 0.269 e. The molecule has 1 aliphatic heterocycles. The molecule has 6 rings (SSSR count). The van der Waals surface area contributed by atoms with Gasteiger partial charge in [0.1, 0.15) is 29.4 Å². The molecule has 1 aliphatic carbocycles. The SMILES string of the molecule is Cc1ncc(-c2ccc3c(c2)c(C(N)=O)nn3CC(=O)N2[C@@H]3CC[C@@H](C3)[C@H]2C(=O)Nc2cccc(Cl)n2)cn1. The molecule has 1 saturated carbocycles. The van der Waals surface area contributed by atoms with Gasteiger partial charge in [0.15, 0.2) is 5.69 Å². The topological polar surface area (TPSA) is 149 Å². The van der Waals surface area contributed by atoms with Crippen LogP contribution >= 0.6 is 11.6 Å². The van der Waals surface area contributed by atoms with Gasteiger partial charge in [-0.25, -0.2) is 15.0 Å². The number of likely N-dealkylation sites (tertiary alicyclic amines) is 1. The van der Waals surface area contributed by atoms with Gasteiger partial charge in [-0.05, 0) is 61.9 Å². The van der Waals surface area contributed by atoms with Crippen molar-refractivity contribution in [3.63, 3.8) is 0 Å². The van der Waals surface area contributed by atoms with Gasteiger partial charge in [-0.3, -0.25) is 19.1 Å². The number of piperidine rings is 1. The Hall–Kier alpha value is -4.38. The largest absolute Gasteiger partial charge is 0.364 e. The number of nitrogens with one attached hydrogen (secondary N) is 1. The number of benzene rings is 1. The van der Waals surface area contributed by atoms with Gasteiger partial charge in [0.2, 0.25) is 11.8 Å². The van der Waals surface area contributed by atoms with E-state index in [0.29, 0.717) is 22.5 Å². The molecule has 198 valence electrons. The highest BCUT2D eigenvalue weighted by Gasteiger charge is 2.51. The summed E-state index contributed by atoms with van der Waals surface area (Å²) in [7, 11) is 0. The molecule has 11 nitrogen and oxygen atoms in total. The zero-order valence-electron chi connectivity index (χ0n) is 21.0. The Morgan fingerprint density at radius 1 is 1.10 bits per heavy atom. The van der Waals surface area contributed by atoms with Gasteiger partial charge in [-0.2, -0.15) is 5.10 Å². The molecular formula is C27H25ClN8O3. The van der Waals surface area contributed by atoms with E-state index in [-0.39, 0.29) is 41.2 Å². The third-order valence-corrected chi connectivity index (χ3v) is 7.70. The van der Waals surface area contributed by atoms with Crippen LogP contribution in [0.25, 0.3) is 22.0 Å². The fourth-order valence-corrected chi connectivity index (χ4v) is 5.94. The third-order valence-electron chi connectivity index (χ3n) is 7.49. The number of nitrogens with zero attached hydrogens (tertiary/aromatic N) is 6. The van der Waals surface area contributed by atoms with Crippen LogP contribution < -0.4 is 11.1 Å². The molecule has 12 heteroatoms. The maximum absolute atomic E-state index is 13.7. The smallest absolute Gasteiger partial charge is 0.269 e. The molecule has 3 amide bonds. The number of hydrogen-bond acceptors (Lipinski definition) is 7. The standard InChI is InChI=1S/C27H25ClN8O3/c1-14-30-11-17(12-31-14)15-6-8-20-19(10-15)24(26(29)38)34-35(20)13-23(37)36-18-7-5-16(9-18)25(36)27(39)33-22-4-2-3-21(28)32-22/h2-4,6,8,10-12,16,18,25H,5,7,9,13H2,1H3,(H2,29,38)(H,32,33,39)/t16-,18+,25-/m0/s1. The van der Waals surface area contributed by atoms with E-state index < -0.39 is 11.9 Å². The van der Waals surface area contributed by atoms with Crippen LogP contribution in [0.1, 0.15) is 35.6 Å². The van der Waals surface area contributed by atoms with Crippen LogP contribution in [-0.2, 0) is 16.1 Å². The maximum atomic E-state index is 13.7. The number of carbonyl (C=O) groups excluding carboxylic acids is 3. The number of pyridine rings is 1. The highest BCUT2D eigenvalue weighted by atomic mass is 35.5. The monoisotopic (exact) mass is 544 g/mol. The van der Waals surface area contributed by atoms with Crippen LogP contribution in [0.15, 0.2) is 48.8 Å². The van der Waals surface area contributed by atoms with E-state index in [2.05, 4.69) is 25.4 Å². The second-order valence-electron chi connectivity index (χ2n) is 9.93. The summed E-state index contributed by atoms with van der Waals surface area (Å²) in [5.74, 6) is -0.198. The number of primary amides is 1. The third kappa shape index (κ3) is 4.59. The molecule has 0 radical (unpaired) electrons. The average Bonchev–Trinajstić information content (AvgIpc) is 3.62. The van der Waals surface area contributed by atoms with E-state index in [1.165, 1.54) is 4.68 Å². The summed E-state index contributed by atoms with van der Waals surface area (Å²) in [4.78, 5) is 53.5. The molecule has 0 spiro atoms. The van der Waals surface area contributed by atoms with Gasteiger partial charge in [-0.15, -0.1) is 0 Å². The number of aryl methyl sites for hydroxylation is 1. The molecule has 1 aromatic carbocycles. The minimum absolute atomic E-state index is 0.0313. The zero-order chi connectivity index (χ0) is 27.3. The highest BCUT2D eigenvalue weighted by molar-refractivity contribution is 6.29. The Morgan fingerprint density at radius 2 is 1.90 bits per heavy atom. The molecule has 2 bridgehead atoms. The van der Waals surface area contributed by atoms with Gasteiger partial charge in [0.05, 0.1) is 5.52 Å². The molecule has 39 heavy (non-hydrogen) atoms. The highest BCUT2D eigenvalue weighted by Crippen LogP contribution is 2.43. The fraction of sp³-hybridized carbons (Fsp3) is 0.296. The van der Waals surface area contributed by atoms with Crippen LogP contribution in [-0.4, -0.2) is 59.4 Å². The summed E-state index contributed by atoms with van der Waals surface area (Å²) < 4.78 is 1.48. The van der Waals surface area contributed by atoms with E-state index in [1.807, 2.05) is 6.07 Å². The van der Waals surface area contributed by atoms with E-state index in [4.69, 9.17) is 17.3 Å². The first-order valence-corrected chi connectivity index (χ1v) is 13.0. The number of hydrogen-bond donors (Lipinski definition) is 2. The van der Waals surface area contributed by atoms with E-state index in [0.717, 1.165) is 30.4 Å². The number of nitrogens with two attached hydrogens (primary N) is 1. The van der Waals surface area contributed by atoms with Gasteiger partial charge >= 0.3 is 0 Å². The van der Waals surface area contributed by atoms with Crippen molar-refractivity contribution < 1.29 is 14.4 Å². The van der Waals surface area contributed by atoms with Crippen molar-refractivity contribution in [2.24, 2.45) is 11.7 Å². The average molecular weight is 545 g/mol. The molecule has 3 N–H and O–H groups in total. The van der Waals surface area contributed by atoms with Crippen LogP contribution in [0, 0.1) is 12.8 Å². The lowest BCUT2D eigenvalue weighted by Gasteiger charge is -2.34. The van der Waals surface area contributed by atoms with Crippen LogP contribution in [0.3, 0.4) is 0 Å². The van der Waals surface area contributed by atoms with Crippen LogP contribution in [0.5, 0.6) is 0 Å². The summed E-state index contributed by atoms with van der Waals surface area (Å²) in [6.45, 7) is 1.66. The fourth-order valence-electron chi connectivity index (χ4n) is 5.78. The van der Waals surface area contributed by atoms with E-state index in [1.54, 1.807) is 54.5 Å². The Kier molecular flexibility index (Phi) is 6.22. The quantitative estimate of drug-likeness (QED) is 0.354. The summed E-state index contributed by atoms with van der Waals surface area (Å²) >= 11 is 5.97. The van der Waals surface area contributed by atoms with Crippen molar-refractivity contribution in [3.8, 4) is 11.1 Å². The van der Waals surface area contributed by atoms with Crippen molar-refractivity contribution >= 4 is 46.0 Å². The first-order chi connectivity index (χ1) is 18.8. The first-order valence-electron chi connectivity index (χ1n) is 12.6. The van der Waals surface area contributed by atoms with E-state index >= 15 is 0 Å². The summed E-state index contributed by atoms with van der Waals surface area (Å²) in [6.07, 6.45) is 5.88. The molecular weight excluding hydrogens is 520 g/mol. The molecule has 3 aromatic heterocycles. The first kappa shape index (κ1) is 24.9. The molecule has 2 fully saturated rings. The lowest BCUT2D eigenvalue weighted by molar-refractivity contribution is -0.141. The number of halogens is 1. The number of fused-ring (bicyclic) bond motifs is 3. The molecule has 3 atom stereocenters. The summed E-state index contributed by atoms with van der Waals surface area (Å²) in [6, 6.07) is 9.77. The van der Waals surface area contributed by atoms with E-state index in [9.17, 15) is 14.4 Å². The lowest BCUT2D eigenvalue weighted by Crippen LogP contribution is -2.52. The van der Waals surface area contributed by atoms with Crippen molar-refractivity contribution in [2.75, 3.05) is 5.32 Å². The van der Waals surface area contributed by atoms with Crippen LogP contribution in [0.4, 0.5) is 5.82 Å². The van der Waals surface area contributed by atoms with Crippen molar-refractivity contribution in [3.05, 3.63) is 65.5 Å². The number of anilines is 1.